The van der Waals surface area contributed by atoms with E-state index >= 15 is 0 Å². The first-order chi connectivity index (χ1) is 10.9. The molecule has 4 nitrogen and oxygen atoms in total. The standard InChI is InChI=1S/C18H21FN2O2.ClH/c1-11-7-9-13(10-8-11)17(20)18(22)21-12(2)16-14(19)5-4-6-15(16)23-3;/h4-10,12,17H,20H2,1-3H3,(H,21,22);1H. The third kappa shape index (κ3) is 4.46. The summed E-state index contributed by atoms with van der Waals surface area (Å²) in [5, 5.41) is 2.74. The number of ether oxygens (including phenoxy) is 1. The van der Waals surface area contributed by atoms with Crippen molar-refractivity contribution >= 4 is 18.3 Å². The Hall–Kier alpha value is -2.11. The van der Waals surface area contributed by atoms with Gasteiger partial charge in [0.25, 0.3) is 0 Å². The van der Waals surface area contributed by atoms with Gasteiger partial charge in [-0.1, -0.05) is 35.9 Å². The molecule has 0 saturated heterocycles. The molecule has 0 aromatic heterocycles. The van der Waals surface area contributed by atoms with Gasteiger partial charge in [0.2, 0.25) is 5.91 Å². The van der Waals surface area contributed by atoms with Crippen molar-refractivity contribution in [2.75, 3.05) is 7.11 Å². The fourth-order valence-corrected chi connectivity index (χ4v) is 2.42. The molecule has 24 heavy (non-hydrogen) atoms. The lowest BCUT2D eigenvalue weighted by atomic mass is 10.0. The minimum Gasteiger partial charge on any atom is -0.496 e. The second-order valence-electron chi connectivity index (χ2n) is 5.47. The summed E-state index contributed by atoms with van der Waals surface area (Å²) in [5.74, 6) is -0.408. The van der Waals surface area contributed by atoms with Crippen LogP contribution in [0.4, 0.5) is 4.39 Å². The van der Waals surface area contributed by atoms with Gasteiger partial charge in [0.05, 0.1) is 18.7 Å². The largest absolute Gasteiger partial charge is 0.496 e. The molecule has 0 aliphatic carbocycles. The fourth-order valence-electron chi connectivity index (χ4n) is 2.42. The van der Waals surface area contributed by atoms with Crippen LogP contribution in [0.5, 0.6) is 5.75 Å². The van der Waals surface area contributed by atoms with Crippen molar-refractivity contribution in [2.24, 2.45) is 5.73 Å². The van der Waals surface area contributed by atoms with Crippen LogP contribution in [0.15, 0.2) is 42.5 Å². The Morgan fingerprint density at radius 1 is 1.21 bits per heavy atom. The van der Waals surface area contributed by atoms with E-state index < -0.39 is 17.9 Å². The van der Waals surface area contributed by atoms with Gasteiger partial charge in [-0.2, -0.15) is 0 Å². The molecule has 2 aromatic rings. The van der Waals surface area contributed by atoms with Crippen LogP contribution >= 0.6 is 12.4 Å². The number of aryl methyl sites for hydroxylation is 1. The maximum absolute atomic E-state index is 14.0. The van der Waals surface area contributed by atoms with Gasteiger partial charge in [0, 0.05) is 0 Å². The van der Waals surface area contributed by atoms with Gasteiger partial charge in [0.15, 0.2) is 0 Å². The van der Waals surface area contributed by atoms with Gasteiger partial charge in [-0.25, -0.2) is 4.39 Å². The highest BCUT2D eigenvalue weighted by Gasteiger charge is 2.22. The number of carbonyl (C=O) groups is 1. The summed E-state index contributed by atoms with van der Waals surface area (Å²) in [6.07, 6.45) is 0. The quantitative estimate of drug-likeness (QED) is 0.866. The summed E-state index contributed by atoms with van der Waals surface area (Å²) in [6, 6.07) is 10.6. The molecule has 2 aromatic carbocycles. The van der Waals surface area contributed by atoms with Crippen LogP contribution in [0, 0.1) is 12.7 Å². The maximum Gasteiger partial charge on any atom is 0.241 e. The second kappa shape index (κ2) is 8.66. The molecule has 0 saturated carbocycles. The van der Waals surface area contributed by atoms with Crippen LogP contribution in [0.3, 0.4) is 0 Å². The van der Waals surface area contributed by atoms with Gasteiger partial charge in [-0.15, -0.1) is 12.4 Å². The lowest BCUT2D eigenvalue weighted by Crippen LogP contribution is -2.36. The normalized spacial score (nSPS) is 12.7. The zero-order valence-corrected chi connectivity index (χ0v) is 14.7. The lowest BCUT2D eigenvalue weighted by Gasteiger charge is -2.20. The number of hydrogen-bond donors (Lipinski definition) is 2. The maximum atomic E-state index is 14.0. The summed E-state index contributed by atoms with van der Waals surface area (Å²) >= 11 is 0. The molecule has 2 unspecified atom stereocenters. The molecule has 0 fully saturated rings. The summed E-state index contributed by atoms with van der Waals surface area (Å²) < 4.78 is 19.2. The monoisotopic (exact) mass is 352 g/mol. The second-order valence-corrected chi connectivity index (χ2v) is 5.47. The van der Waals surface area contributed by atoms with Crippen molar-refractivity contribution in [2.45, 2.75) is 25.9 Å². The van der Waals surface area contributed by atoms with Gasteiger partial charge >= 0.3 is 0 Å². The average Bonchev–Trinajstić information content (AvgIpc) is 2.54. The Morgan fingerprint density at radius 3 is 2.42 bits per heavy atom. The van der Waals surface area contributed by atoms with Crippen molar-refractivity contribution in [3.8, 4) is 5.75 Å². The SMILES string of the molecule is COc1cccc(F)c1C(C)NC(=O)C(N)c1ccc(C)cc1.Cl. The first kappa shape index (κ1) is 19.9. The molecule has 130 valence electrons. The van der Waals surface area contributed by atoms with Crippen LogP contribution in [-0.4, -0.2) is 13.0 Å². The van der Waals surface area contributed by atoms with E-state index in [1.165, 1.54) is 13.2 Å². The van der Waals surface area contributed by atoms with E-state index in [1.807, 2.05) is 31.2 Å². The molecule has 0 heterocycles. The van der Waals surface area contributed by atoms with Crippen molar-refractivity contribution in [3.63, 3.8) is 0 Å². The molecule has 6 heteroatoms. The molecule has 2 atom stereocenters. The van der Waals surface area contributed by atoms with Crippen LogP contribution in [0.1, 0.15) is 35.7 Å². The zero-order chi connectivity index (χ0) is 17.0. The summed E-state index contributed by atoms with van der Waals surface area (Å²) in [4.78, 5) is 12.3. The molecular weight excluding hydrogens is 331 g/mol. The number of benzene rings is 2. The molecule has 0 bridgehead atoms. The Kier molecular flexibility index (Phi) is 7.19. The van der Waals surface area contributed by atoms with Crippen LogP contribution < -0.4 is 15.8 Å². The summed E-state index contributed by atoms with van der Waals surface area (Å²) in [5.41, 5.74) is 8.09. The Balaban J connectivity index is 0.00000288. The Labute approximate surface area is 147 Å². The number of hydrogen-bond acceptors (Lipinski definition) is 3. The number of nitrogens with two attached hydrogens (primary N) is 1. The number of methoxy groups -OCH3 is 1. The third-order valence-corrected chi connectivity index (χ3v) is 3.74. The van der Waals surface area contributed by atoms with Gasteiger partial charge in [0.1, 0.15) is 17.6 Å². The highest BCUT2D eigenvalue weighted by atomic mass is 35.5. The van der Waals surface area contributed by atoms with Crippen molar-refractivity contribution in [3.05, 3.63) is 65.0 Å². The third-order valence-electron chi connectivity index (χ3n) is 3.74. The van der Waals surface area contributed by atoms with E-state index in [4.69, 9.17) is 10.5 Å². The lowest BCUT2D eigenvalue weighted by molar-refractivity contribution is -0.123. The predicted molar refractivity (Wildman–Crippen MR) is 94.9 cm³/mol. The number of carbonyl (C=O) groups excluding carboxylic acids is 1. The first-order valence-corrected chi connectivity index (χ1v) is 7.39. The zero-order valence-electron chi connectivity index (χ0n) is 13.9. The molecule has 0 radical (unpaired) electrons. The molecule has 1 amide bonds. The minimum atomic E-state index is -0.809. The van der Waals surface area contributed by atoms with E-state index in [0.717, 1.165) is 5.56 Å². The fraction of sp³-hybridized carbons (Fsp3) is 0.278. The van der Waals surface area contributed by atoms with Crippen molar-refractivity contribution in [1.82, 2.24) is 5.32 Å². The van der Waals surface area contributed by atoms with Crippen molar-refractivity contribution < 1.29 is 13.9 Å². The Bertz CT molecular complexity index is 692. The molecule has 0 aliphatic heterocycles. The Morgan fingerprint density at radius 2 is 1.83 bits per heavy atom. The van der Waals surface area contributed by atoms with E-state index in [9.17, 15) is 9.18 Å². The average molecular weight is 353 g/mol. The molecule has 0 aliphatic rings. The number of nitrogens with one attached hydrogen (secondary N) is 1. The number of rotatable bonds is 5. The smallest absolute Gasteiger partial charge is 0.241 e. The summed E-state index contributed by atoms with van der Waals surface area (Å²) in [6.45, 7) is 3.66. The van der Waals surface area contributed by atoms with Gasteiger partial charge in [-0.3, -0.25) is 4.79 Å². The van der Waals surface area contributed by atoms with Gasteiger partial charge in [-0.05, 0) is 31.5 Å². The molecule has 2 rings (SSSR count). The topological polar surface area (TPSA) is 64.3 Å². The van der Waals surface area contributed by atoms with E-state index in [1.54, 1.807) is 19.1 Å². The number of amides is 1. The van der Waals surface area contributed by atoms with Gasteiger partial charge < -0.3 is 15.8 Å². The highest BCUT2D eigenvalue weighted by molar-refractivity contribution is 5.85. The van der Waals surface area contributed by atoms with E-state index in [-0.39, 0.29) is 18.3 Å². The molecule has 3 N–H and O–H groups in total. The van der Waals surface area contributed by atoms with E-state index in [2.05, 4.69) is 5.32 Å². The van der Waals surface area contributed by atoms with Crippen LogP contribution in [0.25, 0.3) is 0 Å². The minimum absolute atomic E-state index is 0. The highest BCUT2D eigenvalue weighted by Crippen LogP contribution is 2.28. The predicted octanol–water partition coefficient (Wildman–Crippen LogP) is 3.44. The molecule has 0 spiro atoms. The molecular formula is C18H22ClFN2O2. The summed E-state index contributed by atoms with van der Waals surface area (Å²) in [7, 11) is 1.46. The number of halogens is 2. The first-order valence-electron chi connectivity index (χ1n) is 7.39. The van der Waals surface area contributed by atoms with Crippen LogP contribution in [0.2, 0.25) is 0 Å². The van der Waals surface area contributed by atoms with E-state index in [0.29, 0.717) is 16.9 Å². The van der Waals surface area contributed by atoms with Crippen molar-refractivity contribution in [1.29, 1.82) is 0 Å². The van der Waals surface area contributed by atoms with Crippen LogP contribution in [-0.2, 0) is 4.79 Å².